The van der Waals surface area contributed by atoms with Gasteiger partial charge in [-0.2, -0.15) is 0 Å². The van der Waals surface area contributed by atoms with Gasteiger partial charge in [-0.05, 0) is 55.8 Å². The zero-order valence-electron chi connectivity index (χ0n) is 16.7. The van der Waals surface area contributed by atoms with E-state index >= 15 is 0 Å². The lowest BCUT2D eigenvalue weighted by molar-refractivity contribution is -0.137. The van der Waals surface area contributed by atoms with Crippen molar-refractivity contribution in [1.82, 2.24) is 9.80 Å². The van der Waals surface area contributed by atoms with Crippen LogP contribution < -0.4 is 4.74 Å². The van der Waals surface area contributed by atoms with Crippen molar-refractivity contribution in [3.05, 3.63) is 63.6 Å². The van der Waals surface area contributed by atoms with E-state index in [4.69, 9.17) is 27.9 Å². The molecule has 1 fully saturated rings. The average molecular weight is 435 g/mol. The lowest BCUT2D eigenvalue weighted by Gasteiger charge is -2.39. The highest BCUT2D eigenvalue weighted by Gasteiger charge is 2.36. The van der Waals surface area contributed by atoms with Crippen LogP contribution in [0.25, 0.3) is 0 Å². The first-order valence-corrected chi connectivity index (χ1v) is 10.2. The zero-order chi connectivity index (χ0) is 21.2. The van der Waals surface area contributed by atoms with Gasteiger partial charge in [0.05, 0.1) is 22.6 Å². The van der Waals surface area contributed by atoms with Crippen LogP contribution in [0.1, 0.15) is 29.8 Å². The van der Waals surface area contributed by atoms with Crippen LogP contribution in [-0.4, -0.2) is 54.9 Å². The first-order valence-electron chi connectivity index (χ1n) is 9.42. The van der Waals surface area contributed by atoms with E-state index in [9.17, 15) is 9.59 Å². The number of carbonyl (C=O) groups excluding carboxylic acids is 2. The van der Waals surface area contributed by atoms with Crippen LogP contribution in [0.4, 0.5) is 0 Å². The number of halogens is 2. The summed E-state index contributed by atoms with van der Waals surface area (Å²) in [6, 6.07) is 12.3. The summed E-state index contributed by atoms with van der Waals surface area (Å²) in [5, 5.41) is 0.893. The molecule has 1 aliphatic heterocycles. The molecule has 0 aromatic heterocycles. The van der Waals surface area contributed by atoms with E-state index in [1.807, 2.05) is 19.9 Å². The Bertz CT molecular complexity index is 905. The Morgan fingerprint density at radius 1 is 0.897 bits per heavy atom. The van der Waals surface area contributed by atoms with Crippen LogP contribution in [0.5, 0.6) is 5.75 Å². The molecule has 0 atom stereocenters. The van der Waals surface area contributed by atoms with Crippen molar-refractivity contribution in [1.29, 1.82) is 0 Å². The SMILES string of the molecule is COc1ccc(C(=O)N2CCN(C(=O)C(C)(C)c3ccc(Cl)c(Cl)c3)CC2)cc1. The second-order valence-corrected chi connectivity index (χ2v) is 8.38. The maximum atomic E-state index is 13.2. The summed E-state index contributed by atoms with van der Waals surface area (Å²) >= 11 is 12.1. The molecule has 154 valence electrons. The van der Waals surface area contributed by atoms with Gasteiger partial charge in [0.25, 0.3) is 5.91 Å². The minimum absolute atomic E-state index is 0.00688. The number of hydrogen-bond donors (Lipinski definition) is 0. The van der Waals surface area contributed by atoms with Gasteiger partial charge in [-0.15, -0.1) is 0 Å². The van der Waals surface area contributed by atoms with Crippen LogP contribution >= 0.6 is 23.2 Å². The number of amides is 2. The van der Waals surface area contributed by atoms with E-state index in [1.54, 1.807) is 53.3 Å². The number of rotatable bonds is 4. The molecule has 0 saturated carbocycles. The van der Waals surface area contributed by atoms with Crippen molar-refractivity contribution >= 4 is 35.0 Å². The zero-order valence-corrected chi connectivity index (χ0v) is 18.3. The van der Waals surface area contributed by atoms with Crippen molar-refractivity contribution in [2.24, 2.45) is 0 Å². The Morgan fingerprint density at radius 3 is 2.03 bits per heavy atom. The lowest BCUT2D eigenvalue weighted by Crippen LogP contribution is -2.54. The number of piperazine rings is 1. The molecule has 0 radical (unpaired) electrons. The Kier molecular flexibility index (Phi) is 6.39. The minimum atomic E-state index is -0.740. The quantitative estimate of drug-likeness (QED) is 0.721. The van der Waals surface area contributed by atoms with Crippen LogP contribution in [0.2, 0.25) is 10.0 Å². The lowest BCUT2D eigenvalue weighted by atomic mass is 9.83. The molecule has 1 aliphatic rings. The molecule has 2 amide bonds. The van der Waals surface area contributed by atoms with Gasteiger partial charge in [-0.1, -0.05) is 29.3 Å². The van der Waals surface area contributed by atoms with E-state index in [0.29, 0.717) is 47.5 Å². The van der Waals surface area contributed by atoms with E-state index in [2.05, 4.69) is 0 Å². The number of methoxy groups -OCH3 is 1. The first kappa shape index (κ1) is 21.5. The second-order valence-electron chi connectivity index (χ2n) is 7.57. The smallest absolute Gasteiger partial charge is 0.253 e. The van der Waals surface area contributed by atoms with E-state index in [-0.39, 0.29) is 11.8 Å². The third-order valence-electron chi connectivity index (χ3n) is 5.37. The molecule has 5 nitrogen and oxygen atoms in total. The van der Waals surface area contributed by atoms with Gasteiger partial charge < -0.3 is 14.5 Å². The van der Waals surface area contributed by atoms with Gasteiger partial charge >= 0.3 is 0 Å². The Labute approximate surface area is 181 Å². The molecule has 2 aromatic rings. The van der Waals surface area contributed by atoms with Gasteiger partial charge in [-0.25, -0.2) is 0 Å². The second kappa shape index (κ2) is 8.64. The van der Waals surface area contributed by atoms with Gasteiger partial charge in [0.15, 0.2) is 0 Å². The molecule has 0 bridgehead atoms. The molecule has 3 rings (SSSR count). The van der Waals surface area contributed by atoms with Crippen molar-refractivity contribution in [3.63, 3.8) is 0 Å². The molecule has 0 unspecified atom stereocenters. The fraction of sp³-hybridized carbons (Fsp3) is 0.364. The minimum Gasteiger partial charge on any atom is -0.497 e. The highest BCUT2D eigenvalue weighted by Crippen LogP contribution is 2.31. The Morgan fingerprint density at radius 2 is 1.48 bits per heavy atom. The fourth-order valence-electron chi connectivity index (χ4n) is 3.43. The first-order chi connectivity index (χ1) is 13.7. The predicted octanol–water partition coefficient (Wildman–Crippen LogP) is 4.26. The standard InChI is InChI=1S/C22H24Cl2N2O3/c1-22(2,16-6-9-18(23)19(24)14-16)21(28)26-12-10-25(11-13-26)20(27)15-4-7-17(29-3)8-5-15/h4-9,14H,10-13H2,1-3H3. The van der Waals surface area contributed by atoms with Gasteiger partial charge in [-0.3, -0.25) is 9.59 Å². The summed E-state index contributed by atoms with van der Waals surface area (Å²) in [4.78, 5) is 29.5. The van der Waals surface area contributed by atoms with Crippen LogP contribution in [-0.2, 0) is 10.2 Å². The molecule has 29 heavy (non-hydrogen) atoms. The predicted molar refractivity (Wildman–Crippen MR) is 115 cm³/mol. The maximum Gasteiger partial charge on any atom is 0.253 e. The topological polar surface area (TPSA) is 49.9 Å². The van der Waals surface area contributed by atoms with Gasteiger partial charge in [0.1, 0.15) is 5.75 Å². The molecule has 1 saturated heterocycles. The van der Waals surface area contributed by atoms with E-state index < -0.39 is 5.41 Å². The number of carbonyl (C=O) groups is 2. The molecular formula is C22H24Cl2N2O3. The fourth-order valence-corrected chi connectivity index (χ4v) is 3.73. The van der Waals surface area contributed by atoms with Crippen LogP contribution in [0, 0.1) is 0 Å². The number of nitrogens with zero attached hydrogens (tertiary/aromatic N) is 2. The molecule has 7 heteroatoms. The largest absolute Gasteiger partial charge is 0.497 e. The monoisotopic (exact) mass is 434 g/mol. The van der Waals surface area contributed by atoms with Gasteiger partial charge in [0, 0.05) is 31.7 Å². The Balaban J connectivity index is 1.65. The summed E-state index contributed by atoms with van der Waals surface area (Å²) < 4.78 is 5.13. The third kappa shape index (κ3) is 4.51. The molecule has 2 aromatic carbocycles. The number of benzene rings is 2. The van der Waals surface area contributed by atoms with Crippen molar-refractivity contribution in [2.45, 2.75) is 19.3 Å². The van der Waals surface area contributed by atoms with Crippen molar-refractivity contribution in [2.75, 3.05) is 33.3 Å². The molecule has 0 spiro atoms. The van der Waals surface area contributed by atoms with E-state index in [1.165, 1.54) is 0 Å². The van der Waals surface area contributed by atoms with Crippen molar-refractivity contribution in [3.8, 4) is 5.75 Å². The summed E-state index contributed by atoms with van der Waals surface area (Å²) in [6.45, 7) is 5.73. The molecule has 0 N–H and O–H groups in total. The average Bonchev–Trinajstić information content (AvgIpc) is 2.74. The summed E-state index contributed by atoms with van der Waals surface area (Å²) in [6.07, 6.45) is 0. The number of hydrogen-bond acceptors (Lipinski definition) is 3. The van der Waals surface area contributed by atoms with Crippen molar-refractivity contribution < 1.29 is 14.3 Å². The Hall–Kier alpha value is -2.24. The van der Waals surface area contributed by atoms with Crippen LogP contribution in [0.15, 0.2) is 42.5 Å². The van der Waals surface area contributed by atoms with Gasteiger partial charge in [0.2, 0.25) is 5.91 Å². The maximum absolute atomic E-state index is 13.2. The van der Waals surface area contributed by atoms with Crippen LogP contribution in [0.3, 0.4) is 0 Å². The molecule has 0 aliphatic carbocycles. The highest BCUT2D eigenvalue weighted by molar-refractivity contribution is 6.42. The normalized spacial score (nSPS) is 14.7. The number of ether oxygens (including phenoxy) is 1. The third-order valence-corrected chi connectivity index (χ3v) is 6.11. The molecule has 1 heterocycles. The highest BCUT2D eigenvalue weighted by atomic mass is 35.5. The summed E-state index contributed by atoms with van der Waals surface area (Å²) in [5.74, 6) is 0.678. The summed E-state index contributed by atoms with van der Waals surface area (Å²) in [7, 11) is 1.59. The summed E-state index contributed by atoms with van der Waals surface area (Å²) in [5.41, 5.74) is 0.687. The van der Waals surface area contributed by atoms with E-state index in [0.717, 1.165) is 5.56 Å². The molecular weight excluding hydrogens is 411 g/mol.